The van der Waals surface area contributed by atoms with Gasteiger partial charge in [-0.25, -0.2) is 9.97 Å². The first-order valence-corrected chi connectivity index (χ1v) is 7.55. The summed E-state index contributed by atoms with van der Waals surface area (Å²) in [4.78, 5) is 19.4. The summed E-state index contributed by atoms with van der Waals surface area (Å²) < 4.78 is 37.4. The molecule has 24 heavy (non-hydrogen) atoms. The molecule has 0 saturated carbocycles. The molecule has 0 aliphatic heterocycles. The van der Waals surface area contributed by atoms with Crippen LogP contribution in [-0.2, 0) is 4.79 Å². The Morgan fingerprint density at radius 3 is 2.46 bits per heavy atom. The van der Waals surface area contributed by atoms with Crippen molar-refractivity contribution in [2.24, 2.45) is 0 Å². The molecule has 0 radical (unpaired) electrons. The van der Waals surface area contributed by atoms with E-state index < -0.39 is 12.1 Å². The number of carbonyl (C=O) groups excluding carboxylic acids is 1. The number of hydrogen-bond acceptors (Lipinski definition) is 3. The second-order valence-electron chi connectivity index (χ2n) is 5.12. The van der Waals surface area contributed by atoms with Gasteiger partial charge >= 0.3 is 12.1 Å². The Balaban J connectivity index is 2.34. The first kappa shape index (κ1) is 17.7. The first-order chi connectivity index (χ1) is 11.4. The van der Waals surface area contributed by atoms with Crippen molar-refractivity contribution in [2.45, 2.75) is 38.8 Å². The minimum absolute atomic E-state index is 0.0304. The maximum absolute atomic E-state index is 12.5. The van der Waals surface area contributed by atoms with Gasteiger partial charge in [0.1, 0.15) is 0 Å². The van der Waals surface area contributed by atoms with E-state index in [4.69, 9.17) is 0 Å². The fourth-order valence-corrected chi connectivity index (χ4v) is 1.96. The van der Waals surface area contributed by atoms with Gasteiger partial charge in [0, 0.05) is 6.42 Å². The highest BCUT2D eigenvalue weighted by Gasteiger charge is 2.39. The van der Waals surface area contributed by atoms with E-state index >= 15 is 0 Å². The molecule has 1 N–H and O–H groups in total. The number of amides is 1. The van der Waals surface area contributed by atoms with Gasteiger partial charge in [-0.1, -0.05) is 37.8 Å². The lowest BCUT2D eigenvalue weighted by molar-refractivity contribution is -0.167. The van der Waals surface area contributed by atoms with Gasteiger partial charge in [0.25, 0.3) is 0 Å². The number of rotatable bonds is 4. The Labute approximate surface area is 137 Å². The molecule has 0 fully saturated rings. The molecule has 1 aromatic carbocycles. The average molecular weight is 335 g/mol. The van der Waals surface area contributed by atoms with Gasteiger partial charge in [-0.2, -0.15) is 13.2 Å². The summed E-state index contributed by atoms with van der Waals surface area (Å²) in [5.41, 5.74) is 0.912. The van der Waals surface area contributed by atoms with Crippen molar-refractivity contribution in [3.8, 4) is 11.8 Å². The number of aromatic nitrogens is 2. The number of carbonyl (C=O) groups is 1. The lowest BCUT2D eigenvalue weighted by Gasteiger charge is -2.09. The van der Waals surface area contributed by atoms with E-state index in [0.29, 0.717) is 17.5 Å². The van der Waals surface area contributed by atoms with E-state index in [1.165, 1.54) is 0 Å². The van der Waals surface area contributed by atoms with Crippen LogP contribution < -0.4 is 5.32 Å². The van der Waals surface area contributed by atoms with Crippen LogP contribution in [0.15, 0.2) is 24.3 Å². The molecule has 0 spiro atoms. The third kappa shape index (κ3) is 4.69. The average Bonchev–Trinajstić information content (AvgIpc) is 2.54. The predicted molar refractivity (Wildman–Crippen MR) is 85.2 cm³/mol. The Kier molecular flexibility index (Phi) is 5.74. The number of nitrogens with zero attached hydrogens (tertiary/aromatic N) is 2. The van der Waals surface area contributed by atoms with Crippen molar-refractivity contribution in [1.82, 2.24) is 9.97 Å². The molecule has 0 saturated heterocycles. The maximum Gasteiger partial charge on any atom is 0.471 e. The monoisotopic (exact) mass is 335 g/mol. The Morgan fingerprint density at radius 2 is 1.83 bits per heavy atom. The number of alkyl halides is 3. The van der Waals surface area contributed by atoms with Crippen LogP contribution in [0.4, 0.5) is 19.0 Å². The molecule has 1 aromatic heterocycles. The third-order valence-electron chi connectivity index (χ3n) is 3.17. The van der Waals surface area contributed by atoms with E-state index in [2.05, 4.69) is 28.7 Å². The Morgan fingerprint density at radius 1 is 1.17 bits per heavy atom. The molecule has 0 atom stereocenters. The minimum atomic E-state index is -5.00. The zero-order valence-electron chi connectivity index (χ0n) is 13.1. The molecule has 0 aliphatic carbocycles. The molecular weight excluding hydrogens is 319 g/mol. The van der Waals surface area contributed by atoms with E-state index in [1.807, 2.05) is 0 Å². The number of halogens is 3. The summed E-state index contributed by atoms with van der Waals surface area (Å²) in [7, 11) is 0. The molecule has 126 valence electrons. The quantitative estimate of drug-likeness (QED) is 0.677. The third-order valence-corrected chi connectivity index (χ3v) is 3.17. The predicted octanol–water partition coefficient (Wildman–Crippen LogP) is 4.06. The van der Waals surface area contributed by atoms with Gasteiger partial charge in [0.05, 0.1) is 11.0 Å². The molecule has 2 aromatic rings. The summed E-state index contributed by atoms with van der Waals surface area (Å²) in [5.74, 6) is 3.21. The largest absolute Gasteiger partial charge is 0.471 e. The Bertz CT molecular complexity index is 791. The number of para-hydroxylation sites is 2. The number of nitrogens with one attached hydrogen (secondary N) is 1. The van der Waals surface area contributed by atoms with Crippen LogP contribution in [0.25, 0.3) is 11.0 Å². The molecule has 0 unspecified atom stereocenters. The highest BCUT2D eigenvalue weighted by atomic mass is 19.4. The molecule has 4 nitrogen and oxygen atoms in total. The van der Waals surface area contributed by atoms with Crippen LogP contribution in [0, 0.1) is 11.8 Å². The van der Waals surface area contributed by atoms with Crippen molar-refractivity contribution in [3.05, 3.63) is 30.0 Å². The van der Waals surface area contributed by atoms with Gasteiger partial charge < -0.3 is 5.32 Å². The lowest BCUT2D eigenvalue weighted by Crippen LogP contribution is -2.30. The molecule has 0 aliphatic rings. The van der Waals surface area contributed by atoms with Crippen molar-refractivity contribution in [2.75, 3.05) is 5.32 Å². The number of hydrogen-bond donors (Lipinski definition) is 1. The summed E-state index contributed by atoms with van der Waals surface area (Å²) >= 11 is 0. The number of fused-ring (bicyclic) bond motifs is 1. The summed E-state index contributed by atoms with van der Waals surface area (Å²) in [6.45, 7) is 2.06. The van der Waals surface area contributed by atoms with Gasteiger partial charge in [-0.05, 0) is 24.5 Å². The highest BCUT2D eigenvalue weighted by molar-refractivity contribution is 5.95. The number of anilines is 1. The summed E-state index contributed by atoms with van der Waals surface area (Å²) in [6.07, 6.45) is -1.43. The van der Waals surface area contributed by atoms with E-state index in [0.717, 1.165) is 19.3 Å². The lowest BCUT2D eigenvalue weighted by atomic mass is 10.2. The zero-order valence-corrected chi connectivity index (χ0v) is 13.1. The van der Waals surface area contributed by atoms with Crippen LogP contribution in [-0.4, -0.2) is 22.1 Å². The second kappa shape index (κ2) is 7.77. The SMILES string of the molecule is CCCCCC#Cc1nc2ccccc2nc1NC(=O)C(F)(F)F. The molecular formula is C17H16F3N3O. The van der Waals surface area contributed by atoms with Crippen molar-refractivity contribution >= 4 is 22.8 Å². The van der Waals surface area contributed by atoms with Crippen LogP contribution in [0.3, 0.4) is 0 Å². The molecule has 7 heteroatoms. The van der Waals surface area contributed by atoms with Crippen LogP contribution in [0.2, 0.25) is 0 Å². The van der Waals surface area contributed by atoms with Crippen LogP contribution in [0.5, 0.6) is 0 Å². The van der Waals surface area contributed by atoms with Crippen molar-refractivity contribution in [1.29, 1.82) is 0 Å². The van der Waals surface area contributed by atoms with Crippen LogP contribution >= 0.6 is 0 Å². The topological polar surface area (TPSA) is 54.9 Å². The first-order valence-electron chi connectivity index (χ1n) is 7.55. The normalized spacial score (nSPS) is 11.0. The standard InChI is InChI=1S/C17H16F3N3O/c1-2-3-4-5-6-11-14-15(23-16(24)17(18,19)20)22-13-10-8-7-9-12(13)21-14/h7-10H,2-5H2,1H3,(H,22,23,24). The fourth-order valence-electron chi connectivity index (χ4n) is 1.96. The van der Waals surface area contributed by atoms with Crippen molar-refractivity contribution < 1.29 is 18.0 Å². The maximum atomic E-state index is 12.5. The number of benzene rings is 1. The smallest absolute Gasteiger partial charge is 0.300 e. The molecule has 2 rings (SSSR count). The molecule has 0 bridgehead atoms. The zero-order chi connectivity index (χ0) is 17.6. The van der Waals surface area contributed by atoms with Gasteiger partial charge in [-0.15, -0.1) is 0 Å². The second-order valence-corrected chi connectivity index (χ2v) is 5.12. The highest BCUT2D eigenvalue weighted by Crippen LogP contribution is 2.20. The Hall–Kier alpha value is -2.62. The van der Waals surface area contributed by atoms with Gasteiger partial charge in [-0.3, -0.25) is 4.79 Å². The number of unbranched alkanes of at least 4 members (excludes halogenated alkanes) is 3. The van der Waals surface area contributed by atoms with E-state index in [9.17, 15) is 18.0 Å². The van der Waals surface area contributed by atoms with E-state index in [-0.39, 0.29) is 11.5 Å². The fraction of sp³-hybridized carbons (Fsp3) is 0.353. The van der Waals surface area contributed by atoms with Crippen molar-refractivity contribution in [3.63, 3.8) is 0 Å². The molecule has 1 heterocycles. The minimum Gasteiger partial charge on any atom is -0.300 e. The summed E-state index contributed by atoms with van der Waals surface area (Å²) in [6, 6.07) is 6.70. The van der Waals surface area contributed by atoms with Gasteiger partial charge in [0.2, 0.25) is 0 Å². The van der Waals surface area contributed by atoms with Gasteiger partial charge in [0.15, 0.2) is 11.5 Å². The molecule has 1 amide bonds. The van der Waals surface area contributed by atoms with E-state index in [1.54, 1.807) is 29.6 Å². The summed E-state index contributed by atoms with van der Waals surface area (Å²) in [5, 5.41) is 1.75. The van der Waals surface area contributed by atoms with Crippen LogP contribution in [0.1, 0.15) is 38.3 Å².